The molecule has 94 valence electrons. The topological polar surface area (TPSA) is 65.1 Å². The predicted molar refractivity (Wildman–Crippen MR) is 68.5 cm³/mol. The van der Waals surface area contributed by atoms with E-state index in [0.29, 0.717) is 37.4 Å². The first-order valence-corrected chi connectivity index (χ1v) is 5.64. The van der Waals surface area contributed by atoms with Gasteiger partial charge in [-0.3, -0.25) is 0 Å². The smallest absolute Gasteiger partial charge is 0.182 e. The molecule has 0 amide bonds. The van der Waals surface area contributed by atoms with E-state index in [-0.39, 0.29) is 11.7 Å². The fraction of sp³-hybridized carbons (Fsp3) is 0.364. The van der Waals surface area contributed by atoms with Gasteiger partial charge in [-0.05, 0) is 18.2 Å². The molecule has 3 N–H and O–H groups in total. The van der Waals surface area contributed by atoms with Crippen LogP contribution in [0.2, 0.25) is 0 Å². The zero-order valence-corrected chi connectivity index (χ0v) is 9.88. The Kier molecular flexibility index (Phi) is 3.71. The highest BCUT2D eigenvalue weighted by Gasteiger charge is 2.17. The Balaban J connectivity index is 2.20. The first kappa shape index (κ1) is 12.7. The van der Waals surface area contributed by atoms with Crippen molar-refractivity contribution in [2.75, 3.05) is 31.1 Å². The minimum absolute atomic E-state index is 0.104. The van der Waals surface area contributed by atoms with E-state index in [1.807, 2.05) is 4.90 Å². The molecule has 0 bridgehead atoms. The summed E-state index contributed by atoms with van der Waals surface area (Å²) in [7, 11) is 5.65. The minimum atomic E-state index is -0.385. The molecular formula is C11H14BFN4O. The Bertz CT molecular complexity index is 460. The summed E-state index contributed by atoms with van der Waals surface area (Å²) in [6.07, 6.45) is 0. The summed E-state index contributed by atoms with van der Waals surface area (Å²) in [6, 6.07) is 4.52. The SMILES string of the molecule is [B]N1CCN(c2ccc(/C(N)=N/O)cc2F)CC1. The van der Waals surface area contributed by atoms with Gasteiger partial charge in [0.25, 0.3) is 0 Å². The van der Waals surface area contributed by atoms with Gasteiger partial charge in [-0.25, -0.2) is 4.39 Å². The third-order valence-corrected chi connectivity index (χ3v) is 3.01. The standard InChI is InChI=1S/C11H14BFN4O/c12-17-5-3-16(4-6-17)10-2-1-8(7-9(10)13)11(14)15-18/h1-2,7,18H,3-6H2,(H2,14,15). The number of amidine groups is 1. The monoisotopic (exact) mass is 248 g/mol. The van der Waals surface area contributed by atoms with E-state index in [2.05, 4.69) is 5.16 Å². The van der Waals surface area contributed by atoms with Crippen molar-refractivity contribution in [1.82, 2.24) is 4.81 Å². The maximum absolute atomic E-state index is 13.9. The predicted octanol–water partition coefficient (Wildman–Crippen LogP) is 0.126. The van der Waals surface area contributed by atoms with E-state index in [4.69, 9.17) is 18.9 Å². The van der Waals surface area contributed by atoms with Crippen LogP contribution in [-0.2, 0) is 0 Å². The fourth-order valence-electron chi connectivity index (χ4n) is 1.94. The van der Waals surface area contributed by atoms with Crippen molar-refractivity contribution in [3.8, 4) is 0 Å². The van der Waals surface area contributed by atoms with Crippen molar-refractivity contribution in [1.29, 1.82) is 0 Å². The van der Waals surface area contributed by atoms with Crippen molar-refractivity contribution >= 4 is 19.5 Å². The lowest BCUT2D eigenvalue weighted by Crippen LogP contribution is -2.45. The average Bonchev–Trinajstić information content (AvgIpc) is 2.39. The van der Waals surface area contributed by atoms with Gasteiger partial charge < -0.3 is 20.7 Å². The van der Waals surface area contributed by atoms with Crippen LogP contribution >= 0.6 is 0 Å². The molecule has 18 heavy (non-hydrogen) atoms. The zero-order valence-electron chi connectivity index (χ0n) is 9.88. The number of nitrogens with two attached hydrogens (primary N) is 1. The zero-order chi connectivity index (χ0) is 13.1. The Hall–Kier alpha value is -1.76. The Labute approximate surface area is 106 Å². The van der Waals surface area contributed by atoms with E-state index < -0.39 is 0 Å². The highest BCUT2D eigenvalue weighted by atomic mass is 19.1. The quantitative estimate of drug-likeness (QED) is 0.256. The van der Waals surface area contributed by atoms with Crippen LogP contribution in [-0.4, -0.2) is 50.0 Å². The van der Waals surface area contributed by atoms with Crippen LogP contribution in [0.1, 0.15) is 5.56 Å². The van der Waals surface area contributed by atoms with Gasteiger partial charge in [-0.1, -0.05) is 5.16 Å². The fourth-order valence-corrected chi connectivity index (χ4v) is 1.94. The normalized spacial score (nSPS) is 18.1. The summed E-state index contributed by atoms with van der Waals surface area (Å²) in [6.45, 7) is 2.75. The molecule has 1 aliphatic rings. The third-order valence-electron chi connectivity index (χ3n) is 3.01. The Morgan fingerprint density at radius 2 is 2.00 bits per heavy atom. The Morgan fingerprint density at radius 3 is 2.56 bits per heavy atom. The van der Waals surface area contributed by atoms with Gasteiger partial charge in [0, 0.05) is 31.7 Å². The van der Waals surface area contributed by atoms with Gasteiger partial charge >= 0.3 is 0 Å². The molecule has 1 fully saturated rings. The molecular weight excluding hydrogens is 234 g/mol. The second-order valence-electron chi connectivity index (χ2n) is 4.17. The molecule has 1 aromatic rings. The summed E-state index contributed by atoms with van der Waals surface area (Å²) in [5.74, 6) is -0.489. The van der Waals surface area contributed by atoms with Crippen molar-refractivity contribution in [2.45, 2.75) is 0 Å². The molecule has 0 spiro atoms. The van der Waals surface area contributed by atoms with Crippen LogP contribution in [0, 0.1) is 5.82 Å². The maximum atomic E-state index is 13.9. The highest BCUT2D eigenvalue weighted by Crippen LogP contribution is 2.21. The first-order valence-electron chi connectivity index (χ1n) is 5.64. The highest BCUT2D eigenvalue weighted by molar-refractivity contribution is 6.04. The maximum Gasteiger partial charge on any atom is 0.182 e. The van der Waals surface area contributed by atoms with Gasteiger partial charge in [0.2, 0.25) is 0 Å². The van der Waals surface area contributed by atoms with E-state index >= 15 is 0 Å². The van der Waals surface area contributed by atoms with Crippen LogP contribution in [0.25, 0.3) is 0 Å². The van der Waals surface area contributed by atoms with E-state index in [1.165, 1.54) is 6.07 Å². The van der Waals surface area contributed by atoms with Crippen molar-refractivity contribution in [3.63, 3.8) is 0 Å². The molecule has 0 atom stereocenters. The number of piperazine rings is 1. The van der Waals surface area contributed by atoms with Crippen molar-refractivity contribution in [2.24, 2.45) is 10.9 Å². The molecule has 2 radical (unpaired) electrons. The summed E-state index contributed by atoms with van der Waals surface area (Å²) in [4.78, 5) is 3.63. The van der Waals surface area contributed by atoms with Crippen LogP contribution in [0.3, 0.4) is 0 Å². The van der Waals surface area contributed by atoms with E-state index in [9.17, 15) is 4.39 Å². The molecule has 5 nitrogen and oxygen atoms in total. The lowest BCUT2D eigenvalue weighted by atomic mass is 10.1. The number of benzene rings is 1. The van der Waals surface area contributed by atoms with E-state index in [0.717, 1.165) is 0 Å². The molecule has 1 aromatic carbocycles. The molecule has 7 heteroatoms. The van der Waals surface area contributed by atoms with Crippen LogP contribution in [0.15, 0.2) is 23.4 Å². The largest absolute Gasteiger partial charge is 0.409 e. The number of hydrogen-bond acceptors (Lipinski definition) is 4. The number of nitrogens with zero attached hydrogens (tertiary/aromatic N) is 3. The second kappa shape index (κ2) is 5.26. The lowest BCUT2D eigenvalue weighted by molar-refractivity contribution is 0.318. The first-order chi connectivity index (χ1) is 8.61. The van der Waals surface area contributed by atoms with Crippen molar-refractivity contribution < 1.29 is 9.60 Å². The summed E-state index contributed by atoms with van der Waals surface area (Å²) < 4.78 is 13.9. The van der Waals surface area contributed by atoms with Gasteiger partial charge in [0.15, 0.2) is 13.8 Å². The van der Waals surface area contributed by atoms with Gasteiger partial charge in [0.1, 0.15) is 5.82 Å². The molecule has 0 saturated carbocycles. The summed E-state index contributed by atoms with van der Waals surface area (Å²) in [5.41, 5.74) is 6.28. The van der Waals surface area contributed by atoms with Gasteiger partial charge in [-0.15, -0.1) is 0 Å². The third kappa shape index (κ3) is 2.56. The molecule has 1 heterocycles. The molecule has 0 unspecified atom stereocenters. The molecule has 1 aliphatic heterocycles. The number of rotatable bonds is 2. The second-order valence-corrected chi connectivity index (χ2v) is 4.17. The molecule has 2 rings (SSSR count). The molecule has 1 saturated heterocycles. The van der Waals surface area contributed by atoms with Gasteiger partial charge in [0.05, 0.1) is 5.69 Å². The average molecular weight is 248 g/mol. The number of hydrogen-bond donors (Lipinski definition) is 2. The number of oxime groups is 1. The van der Waals surface area contributed by atoms with Crippen LogP contribution in [0.4, 0.5) is 10.1 Å². The van der Waals surface area contributed by atoms with Gasteiger partial charge in [-0.2, -0.15) is 0 Å². The van der Waals surface area contributed by atoms with Crippen LogP contribution in [0.5, 0.6) is 0 Å². The summed E-state index contributed by atoms with van der Waals surface area (Å²) >= 11 is 0. The lowest BCUT2D eigenvalue weighted by Gasteiger charge is -2.34. The minimum Gasteiger partial charge on any atom is -0.409 e. The Morgan fingerprint density at radius 1 is 1.33 bits per heavy atom. The van der Waals surface area contributed by atoms with E-state index in [1.54, 1.807) is 16.9 Å². The number of anilines is 1. The van der Waals surface area contributed by atoms with Crippen molar-refractivity contribution in [3.05, 3.63) is 29.6 Å². The molecule has 0 aromatic heterocycles. The molecule has 0 aliphatic carbocycles. The summed E-state index contributed by atoms with van der Waals surface area (Å²) in [5, 5.41) is 11.4. The number of halogens is 1. The van der Waals surface area contributed by atoms with Crippen LogP contribution < -0.4 is 10.6 Å².